The van der Waals surface area contributed by atoms with Gasteiger partial charge in [0, 0.05) is 55.9 Å². The van der Waals surface area contributed by atoms with Crippen LogP contribution in [-0.4, -0.2) is 53.3 Å². The number of ether oxygens (including phenoxy) is 1. The number of nitrogens with one attached hydrogen (secondary N) is 2. The minimum absolute atomic E-state index is 0.0532. The van der Waals surface area contributed by atoms with Crippen molar-refractivity contribution >= 4 is 5.91 Å². The quantitative estimate of drug-likeness (QED) is 0.882. The van der Waals surface area contributed by atoms with Crippen molar-refractivity contribution in [3.8, 4) is 0 Å². The number of carbonyl (C=O) groups excluding carboxylic acids is 1. The van der Waals surface area contributed by atoms with E-state index in [0.29, 0.717) is 17.8 Å². The molecule has 126 valence electrons. The van der Waals surface area contributed by atoms with Crippen molar-refractivity contribution in [2.24, 2.45) is 5.41 Å². The van der Waals surface area contributed by atoms with E-state index in [-0.39, 0.29) is 11.3 Å². The molecule has 23 heavy (non-hydrogen) atoms. The van der Waals surface area contributed by atoms with Crippen LogP contribution in [0, 0.1) is 5.41 Å². The normalized spacial score (nSPS) is 27.9. The Kier molecular flexibility index (Phi) is 3.69. The number of hydrogen-bond acceptors (Lipinski definition) is 4. The van der Waals surface area contributed by atoms with Crippen LogP contribution in [0.25, 0.3) is 0 Å². The van der Waals surface area contributed by atoms with Gasteiger partial charge in [-0.05, 0) is 26.2 Å². The Hall–Kier alpha value is -1.40. The van der Waals surface area contributed by atoms with E-state index >= 15 is 0 Å². The van der Waals surface area contributed by atoms with Gasteiger partial charge in [-0.1, -0.05) is 6.42 Å². The molecular weight excluding hydrogens is 292 g/mol. The molecule has 1 spiro atoms. The number of carbonyl (C=O) groups is 1. The summed E-state index contributed by atoms with van der Waals surface area (Å²) in [6.45, 7) is 4.49. The summed E-state index contributed by atoms with van der Waals surface area (Å²) in [6.07, 6.45) is 5.82. The van der Waals surface area contributed by atoms with Crippen molar-refractivity contribution in [3.63, 3.8) is 0 Å². The smallest absolute Gasteiger partial charge is 0.274 e. The minimum Gasteiger partial charge on any atom is -0.378 e. The lowest BCUT2D eigenvalue weighted by Crippen LogP contribution is -2.67. The highest BCUT2D eigenvalue weighted by Crippen LogP contribution is 2.59. The average Bonchev–Trinajstić information content (AvgIpc) is 2.92. The molecule has 1 amide bonds. The number of H-pyrrole nitrogens is 1. The van der Waals surface area contributed by atoms with Gasteiger partial charge in [-0.15, -0.1) is 0 Å². The van der Waals surface area contributed by atoms with Gasteiger partial charge in [0.05, 0.1) is 6.10 Å². The number of fused-ring (bicyclic) bond motifs is 1. The van der Waals surface area contributed by atoms with Gasteiger partial charge in [-0.2, -0.15) is 5.10 Å². The molecule has 6 nitrogen and oxygen atoms in total. The average molecular weight is 318 g/mol. The zero-order valence-corrected chi connectivity index (χ0v) is 14.0. The molecule has 1 aromatic heterocycles. The van der Waals surface area contributed by atoms with E-state index in [2.05, 4.69) is 22.4 Å². The Balaban J connectivity index is 1.52. The third-order valence-corrected chi connectivity index (χ3v) is 6.19. The zero-order chi connectivity index (χ0) is 16.0. The molecule has 2 saturated carbocycles. The summed E-state index contributed by atoms with van der Waals surface area (Å²) in [4.78, 5) is 14.9. The zero-order valence-electron chi connectivity index (χ0n) is 14.0. The number of hydrogen-bond donors (Lipinski definition) is 2. The fraction of sp³-hybridized carbons (Fsp3) is 0.765. The van der Waals surface area contributed by atoms with E-state index in [1.807, 2.05) is 11.9 Å². The van der Waals surface area contributed by atoms with Crippen LogP contribution in [0.1, 0.15) is 54.4 Å². The predicted octanol–water partition coefficient (Wildman–Crippen LogP) is 1.48. The molecule has 4 rings (SSSR count). The van der Waals surface area contributed by atoms with Crippen molar-refractivity contribution in [2.45, 2.75) is 57.7 Å². The van der Waals surface area contributed by atoms with E-state index in [0.717, 1.165) is 43.8 Å². The summed E-state index contributed by atoms with van der Waals surface area (Å²) in [5.41, 5.74) is 2.97. The summed E-state index contributed by atoms with van der Waals surface area (Å²) >= 11 is 0. The van der Waals surface area contributed by atoms with Gasteiger partial charge >= 0.3 is 0 Å². The second-order valence-electron chi connectivity index (χ2n) is 7.15. The first-order chi connectivity index (χ1) is 11.2. The highest BCUT2D eigenvalue weighted by atomic mass is 16.5. The monoisotopic (exact) mass is 318 g/mol. The van der Waals surface area contributed by atoms with Crippen LogP contribution in [0.2, 0.25) is 0 Å². The first kappa shape index (κ1) is 15.1. The molecule has 0 radical (unpaired) electrons. The van der Waals surface area contributed by atoms with Gasteiger partial charge in [0.2, 0.25) is 0 Å². The molecule has 2 unspecified atom stereocenters. The molecule has 3 aliphatic rings. The fourth-order valence-corrected chi connectivity index (χ4v) is 4.66. The number of aromatic nitrogens is 2. The fourth-order valence-electron chi connectivity index (χ4n) is 4.66. The van der Waals surface area contributed by atoms with Gasteiger partial charge in [0.1, 0.15) is 0 Å². The molecule has 2 heterocycles. The maximum Gasteiger partial charge on any atom is 0.274 e. The van der Waals surface area contributed by atoms with Crippen molar-refractivity contribution in [1.82, 2.24) is 20.4 Å². The standard InChI is InChI=1S/C17H26N4O2/c1-3-23-14-9-13(17(14)6-4-7-17)21(2)16(22)15-11-10-18-8-5-12(11)19-20-15/h13-14,18H,3-10H2,1-2H3,(H,19,20). The van der Waals surface area contributed by atoms with E-state index in [1.165, 1.54) is 19.3 Å². The van der Waals surface area contributed by atoms with Gasteiger partial charge in [-0.25, -0.2) is 0 Å². The number of nitrogens with zero attached hydrogens (tertiary/aromatic N) is 2. The molecule has 0 saturated heterocycles. The first-order valence-electron chi connectivity index (χ1n) is 8.83. The molecule has 1 aliphatic heterocycles. The Morgan fingerprint density at radius 2 is 2.30 bits per heavy atom. The van der Waals surface area contributed by atoms with Gasteiger partial charge in [0.25, 0.3) is 5.91 Å². The summed E-state index contributed by atoms with van der Waals surface area (Å²) < 4.78 is 5.91. The van der Waals surface area contributed by atoms with Crippen LogP contribution in [-0.2, 0) is 17.7 Å². The lowest BCUT2D eigenvalue weighted by Gasteiger charge is -2.63. The van der Waals surface area contributed by atoms with E-state index in [9.17, 15) is 4.79 Å². The van der Waals surface area contributed by atoms with Crippen molar-refractivity contribution < 1.29 is 9.53 Å². The van der Waals surface area contributed by atoms with E-state index < -0.39 is 0 Å². The van der Waals surface area contributed by atoms with Crippen LogP contribution < -0.4 is 5.32 Å². The van der Waals surface area contributed by atoms with E-state index in [4.69, 9.17) is 4.74 Å². The topological polar surface area (TPSA) is 70.2 Å². The molecule has 0 aromatic carbocycles. The molecule has 2 atom stereocenters. The third kappa shape index (κ3) is 2.15. The largest absolute Gasteiger partial charge is 0.378 e. The SMILES string of the molecule is CCOC1CC(N(C)C(=O)c2n[nH]c3c2CNCC3)C12CCC2. The molecule has 2 aliphatic carbocycles. The van der Waals surface area contributed by atoms with Gasteiger partial charge < -0.3 is 15.0 Å². The Bertz CT molecular complexity index is 608. The van der Waals surface area contributed by atoms with Crippen LogP contribution >= 0.6 is 0 Å². The van der Waals surface area contributed by atoms with Crippen LogP contribution in [0.15, 0.2) is 0 Å². The van der Waals surface area contributed by atoms with Crippen LogP contribution in [0.5, 0.6) is 0 Å². The van der Waals surface area contributed by atoms with Crippen LogP contribution in [0.4, 0.5) is 0 Å². The Morgan fingerprint density at radius 3 is 3.00 bits per heavy atom. The Morgan fingerprint density at radius 1 is 1.48 bits per heavy atom. The summed E-state index contributed by atoms with van der Waals surface area (Å²) in [5, 5.41) is 10.7. The van der Waals surface area contributed by atoms with Gasteiger partial charge in [0.15, 0.2) is 5.69 Å². The van der Waals surface area contributed by atoms with E-state index in [1.54, 1.807) is 0 Å². The van der Waals surface area contributed by atoms with Crippen molar-refractivity contribution in [1.29, 1.82) is 0 Å². The predicted molar refractivity (Wildman–Crippen MR) is 86.2 cm³/mol. The molecule has 0 bridgehead atoms. The highest BCUT2D eigenvalue weighted by molar-refractivity contribution is 5.94. The van der Waals surface area contributed by atoms with Crippen molar-refractivity contribution in [3.05, 3.63) is 17.0 Å². The number of amides is 1. The molecule has 2 N–H and O–H groups in total. The first-order valence-corrected chi connectivity index (χ1v) is 8.83. The summed E-state index contributed by atoms with van der Waals surface area (Å²) in [5.74, 6) is 0.0532. The summed E-state index contributed by atoms with van der Waals surface area (Å²) in [7, 11) is 1.94. The summed E-state index contributed by atoms with van der Waals surface area (Å²) in [6, 6.07) is 0.296. The third-order valence-electron chi connectivity index (χ3n) is 6.19. The van der Waals surface area contributed by atoms with Crippen LogP contribution in [0.3, 0.4) is 0 Å². The number of aromatic amines is 1. The molecule has 1 aromatic rings. The lowest BCUT2D eigenvalue weighted by atomic mass is 9.50. The second kappa shape index (κ2) is 5.60. The number of rotatable bonds is 4. The van der Waals surface area contributed by atoms with Crippen molar-refractivity contribution in [2.75, 3.05) is 20.2 Å². The maximum atomic E-state index is 13.0. The highest BCUT2D eigenvalue weighted by Gasteiger charge is 2.61. The molecular formula is C17H26N4O2. The molecule has 2 fully saturated rings. The maximum absolute atomic E-state index is 13.0. The lowest BCUT2D eigenvalue weighted by molar-refractivity contribution is -0.192. The molecule has 6 heteroatoms. The second-order valence-corrected chi connectivity index (χ2v) is 7.15. The Labute approximate surface area is 137 Å². The minimum atomic E-state index is 0.0532. The van der Waals surface area contributed by atoms with Gasteiger partial charge in [-0.3, -0.25) is 9.89 Å².